The van der Waals surface area contributed by atoms with Gasteiger partial charge in [0, 0.05) is 12.6 Å². The van der Waals surface area contributed by atoms with Gasteiger partial charge in [0.25, 0.3) is 0 Å². The molecule has 7 nitrogen and oxygen atoms in total. The molecule has 0 spiro atoms. The molecule has 0 saturated heterocycles. The number of aromatic nitrogens is 4. The molecule has 7 heteroatoms. The largest absolute Gasteiger partial charge is 0.496 e. The fourth-order valence-electron chi connectivity index (χ4n) is 2.07. The summed E-state index contributed by atoms with van der Waals surface area (Å²) >= 11 is 0. The first-order valence-corrected chi connectivity index (χ1v) is 6.16. The molecule has 0 radical (unpaired) electrons. The number of aryl methyl sites for hydroxylation is 1. The van der Waals surface area contributed by atoms with Crippen LogP contribution < -0.4 is 4.74 Å². The van der Waals surface area contributed by atoms with Gasteiger partial charge in [-0.1, -0.05) is 6.07 Å². The van der Waals surface area contributed by atoms with E-state index >= 15 is 0 Å². The number of benzene rings is 1. The fraction of sp³-hybridized carbons (Fsp3) is 0.143. The third kappa shape index (κ3) is 2.18. The first-order chi connectivity index (χ1) is 10.1. The molecule has 2 aromatic heterocycles. The predicted octanol–water partition coefficient (Wildman–Crippen LogP) is 1.74. The number of nitrogens with zero attached hydrogens (tertiary/aromatic N) is 4. The normalized spacial score (nSPS) is 10.8. The summed E-state index contributed by atoms with van der Waals surface area (Å²) in [7, 11) is 3.27. The van der Waals surface area contributed by atoms with Crippen LogP contribution in [0.25, 0.3) is 22.6 Å². The second-order valence-electron chi connectivity index (χ2n) is 4.48. The molecule has 106 valence electrons. The first-order valence-electron chi connectivity index (χ1n) is 6.16. The average Bonchev–Trinajstić information content (AvgIpc) is 2.87. The highest BCUT2D eigenvalue weighted by Crippen LogP contribution is 2.26. The zero-order chi connectivity index (χ0) is 15.0. The molecule has 2 heterocycles. The van der Waals surface area contributed by atoms with Crippen molar-refractivity contribution in [2.75, 3.05) is 7.11 Å². The lowest BCUT2D eigenvalue weighted by Gasteiger charge is -2.07. The van der Waals surface area contributed by atoms with Crippen LogP contribution in [0.3, 0.4) is 0 Å². The van der Waals surface area contributed by atoms with Crippen LogP contribution in [-0.4, -0.2) is 37.7 Å². The summed E-state index contributed by atoms with van der Waals surface area (Å²) in [6.07, 6.45) is 3.30. The molecule has 0 bridgehead atoms. The minimum atomic E-state index is -1.04. The molecule has 0 atom stereocenters. The fourth-order valence-corrected chi connectivity index (χ4v) is 2.07. The van der Waals surface area contributed by atoms with Crippen LogP contribution in [0, 0.1) is 0 Å². The van der Waals surface area contributed by atoms with Crippen molar-refractivity contribution in [2.45, 2.75) is 0 Å². The molecule has 1 aromatic carbocycles. The van der Waals surface area contributed by atoms with Crippen molar-refractivity contribution >= 4 is 17.1 Å². The van der Waals surface area contributed by atoms with Crippen LogP contribution in [0.15, 0.2) is 30.7 Å². The number of hydrogen-bond donors (Lipinski definition) is 1. The molecule has 0 saturated carbocycles. The third-order valence-electron chi connectivity index (χ3n) is 3.14. The summed E-state index contributed by atoms with van der Waals surface area (Å²) < 4.78 is 6.91. The third-order valence-corrected chi connectivity index (χ3v) is 3.14. The molecule has 21 heavy (non-hydrogen) atoms. The number of imidazole rings is 1. The molecule has 1 N–H and O–H groups in total. The van der Waals surface area contributed by atoms with Crippen LogP contribution in [0.4, 0.5) is 0 Å². The van der Waals surface area contributed by atoms with Gasteiger partial charge in [-0.05, 0) is 12.1 Å². The molecule has 0 fully saturated rings. The number of rotatable bonds is 3. The van der Waals surface area contributed by atoms with Crippen LogP contribution in [0.5, 0.6) is 5.75 Å². The van der Waals surface area contributed by atoms with Crippen molar-refractivity contribution in [3.63, 3.8) is 0 Å². The number of carboxylic acids is 1. The van der Waals surface area contributed by atoms with Crippen LogP contribution in [0.2, 0.25) is 0 Å². The highest BCUT2D eigenvalue weighted by molar-refractivity contribution is 5.91. The maximum absolute atomic E-state index is 11.1. The van der Waals surface area contributed by atoms with Crippen molar-refractivity contribution in [3.8, 4) is 17.1 Å². The van der Waals surface area contributed by atoms with E-state index in [9.17, 15) is 4.79 Å². The monoisotopic (exact) mass is 284 g/mol. The Morgan fingerprint density at radius 1 is 1.33 bits per heavy atom. The summed E-state index contributed by atoms with van der Waals surface area (Å²) in [4.78, 5) is 23.9. The van der Waals surface area contributed by atoms with Gasteiger partial charge in [0.2, 0.25) is 0 Å². The number of ether oxygens (including phenoxy) is 1. The lowest BCUT2D eigenvalue weighted by atomic mass is 10.1. The minimum absolute atomic E-state index is 0.0999. The van der Waals surface area contributed by atoms with Gasteiger partial charge in [-0.2, -0.15) is 0 Å². The minimum Gasteiger partial charge on any atom is -0.496 e. The highest BCUT2D eigenvalue weighted by atomic mass is 16.5. The van der Waals surface area contributed by atoms with Gasteiger partial charge >= 0.3 is 5.97 Å². The van der Waals surface area contributed by atoms with Gasteiger partial charge in [0.15, 0.2) is 11.5 Å². The van der Waals surface area contributed by atoms with E-state index in [0.29, 0.717) is 22.6 Å². The highest BCUT2D eigenvalue weighted by Gasteiger charge is 2.14. The number of methoxy groups -OCH3 is 1. The van der Waals surface area contributed by atoms with E-state index < -0.39 is 5.97 Å². The quantitative estimate of drug-likeness (QED) is 0.787. The Morgan fingerprint density at radius 3 is 2.86 bits per heavy atom. The van der Waals surface area contributed by atoms with E-state index in [0.717, 1.165) is 0 Å². The van der Waals surface area contributed by atoms with Crippen molar-refractivity contribution in [1.82, 2.24) is 19.5 Å². The number of fused-ring (bicyclic) bond motifs is 1. The lowest BCUT2D eigenvalue weighted by molar-refractivity contribution is 0.0693. The Hall–Kier alpha value is -2.96. The lowest BCUT2D eigenvalue weighted by Crippen LogP contribution is -2.01. The summed E-state index contributed by atoms with van der Waals surface area (Å²) in [6.45, 7) is 0. The molecule has 3 aromatic rings. The van der Waals surface area contributed by atoms with Gasteiger partial charge in [0.1, 0.15) is 16.8 Å². The van der Waals surface area contributed by atoms with Crippen LogP contribution in [0.1, 0.15) is 10.4 Å². The second-order valence-corrected chi connectivity index (χ2v) is 4.48. The van der Waals surface area contributed by atoms with Gasteiger partial charge in [0.05, 0.1) is 19.6 Å². The Labute approximate surface area is 119 Å². The molecule has 0 unspecified atom stereocenters. The molecular formula is C14H12N4O3. The maximum Gasteiger partial charge on any atom is 0.339 e. The molecule has 0 aliphatic heterocycles. The number of carboxylic acid groups (broad SMARTS) is 1. The Bertz CT molecular complexity index is 841. The predicted molar refractivity (Wildman–Crippen MR) is 75.3 cm³/mol. The van der Waals surface area contributed by atoms with Crippen molar-refractivity contribution in [1.29, 1.82) is 0 Å². The van der Waals surface area contributed by atoms with Crippen LogP contribution >= 0.6 is 0 Å². The maximum atomic E-state index is 11.1. The van der Waals surface area contributed by atoms with Crippen LogP contribution in [-0.2, 0) is 7.05 Å². The van der Waals surface area contributed by atoms with E-state index in [1.54, 1.807) is 29.2 Å². The summed E-state index contributed by atoms with van der Waals surface area (Å²) in [5.41, 5.74) is 2.19. The molecule has 0 aliphatic carbocycles. The van der Waals surface area contributed by atoms with E-state index in [2.05, 4.69) is 15.0 Å². The zero-order valence-electron chi connectivity index (χ0n) is 11.4. The van der Waals surface area contributed by atoms with Crippen molar-refractivity contribution < 1.29 is 14.6 Å². The SMILES string of the molecule is COc1cc(-c2ncc3ncn(C)c3n2)ccc1C(=O)O. The Kier molecular flexibility index (Phi) is 3.02. The van der Waals surface area contributed by atoms with E-state index in [1.807, 2.05) is 7.05 Å². The summed E-state index contributed by atoms with van der Waals surface area (Å²) in [5.74, 6) is -0.281. The smallest absolute Gasteiger partial charge is 0.339 e. The van der Waals surface area contributed by atoms with E-state index in [-0.39, 0.29) is 11.3 Å². The standard InChI is InChI=1S/C14H12N4O3/c1-18-7-16-10-6-15-12(17-13(10)18)8-3-4-9(14(19)20)11(5-8)21-2/h3-7H,1-2H3,(H,19,20). The first kappa shape index (κ1) is 13.0. The topological polar surface area (TPSA) is 90.1 Å². The van der Waals surface area contributed by atoms with Gasteiger partial charge in [-0.25, -0.2) is 19.7 Å². The van der Waals surface area contributed by atoms with Crippen molar-refractivity contribution in [3.05, 3.63) is 36.3 Å². The van der Waals surface area contributed by atoms with Gasteiger partial charge in [-0.3, -0.25) is 0 Å². The Morgan fingerprint density at radius 2 is 2.14 bits per heavy atom. The molecular weight excluding hydrogens is 272 g/mol. The Balaban J connectivity index is 2.13. The van der Waals surface area contributed by atoms with Gasteiger partial charge < -0.3 is 14.4 Å². The van der Waals surface area contributed by atoms with Crippen molar-refractivity contribution in [2.24, 2.45) is 7.05 Å². The van der Waals surface area contributed by atoms with E-state index in [4.69, 9.17) is 9.84 Å². The second kappa shape index (κ2) is 4.86. The summed E-state index contributed by atoms with van der Waals surface area (Å²) in [6, 6.07) is 4.75. The number of carbonyl (C=O) groups is 1. The number of aromatic carboxylic acids is 1. The zero-order valence-corrected chi connectivity index (χ0v) is 11.4. The molecule has 3 rings (SSSR count). The van der Waals surface area contributed by atoms with E-state index in [1.165, 1.54) is 13.2 Å². The average molecular weight is 284 g/mol. The number of hydrogen-bond acceptors (Lipinski definition) is 5. The molecule has 0 aliphatic rings. The van der Waals surface area contributed by atoms with Gasteiger partial charge in [-0.15, -0.1) is 0 Å². The molecule has 0 amide bonds. The summed E-state index contributed by atoms with van der Waals surface area (Å²) in [5, 5.41) is 9.09.